The highest BCUT2D eigenvalue weighted by Gasteiger charge is 2.55. The molecular formula is C30H44N2O6. The molecule has 3 aliphatic rings. The summed E-state index contributed by atoms with van der Waals surface area (Å²) in [6.07, 6.45) is 10.1. The van der Waals surface area contributed by atoms with Gasteiger partial charge in [-0.15, -0.1) is 6.58 Å². The lowest BCUT2D eigenvalue weighted by Crippen LogP contribution is -2.56. The number of hydrogen-bond acceptors (Lipinski definition) is 6. The van der Waals surface area contributed by atoms with E-state index in [0.29, 0.717) is 32.4 Å². The Labute approximate surface area is 226 Å². The summed E-state index contributed by atoms with van der Waals surface area (Å²) in [5, 5.41) is 17.1. The highest BCUT2D eigenvalue weighted by Crippen LogP contribution is 2.51. The van der Waals surface area contributed by atoms with Crippen LogP contribution in [0.15, 0.2) is 36.0 Å². The molecule has 7 unspecified atom stereocenters. The van der Waals surface area contributed by atoms with Gasteiger partial charge in [0.1, 0.15) is 0 Å². The van der Waals surface area contributed by atoms with Crippen molar-refractivity contribution in [3.63, 3.8) is 0 Å². The second-order valence-electron chi connectivity index (χ2n) is 11.3. The zero-order chi connectivity index (χ0) is 28.0. The maximum Gasteiger partial charge on any atom is 0.262 e. The SMILES string of the molecule is C=CC(CCCCC)C1=C(C(=O)C2C(C)C=CC3(O)CC(C(=O)NCCCOC)CC(C)C23)C(=O)NC1=O. The van der Waals surface area contributed by atoms with Crippen LogP contribution in [0.2, 0.25) is 0 Å². The predicted molar refractivity (Wildman–Crippen MR) is 145 cm³/mol. The Morgan fingerprint density at radius 1 is 1.26 bits per heavy atom. The minimum absolute atomic E-state index is 0.0869. The minimum Gasteiger partial charge on any atom is -0.385 e. The highest BCUT2D eigenvalue weighted by molar-refractivity contribution is 6.33. The van der Waals surface area contributed by atoms with Crippen LogP contribution >= 0.6 is 0 Å². The maximum atomic E-state index is 14.1. The maximum absolute atomic E-state index is 14.1. The van der Waals surface area contributed by atoms with Crippen molar-refractivity contribution in [2.75, 3.05) is 20.3 Å². The lowest BCUT2D eigenvalue weighted by molar-refractivity contribution is -0.144. The van der Waals surface area contributed by atoms with Crippen LogP contribution in [0.5, 0.6) is 0 Å². The van der Waals surface area contributed by atoms with Crippen LogP contribution in [-0.4, -0.2) is 54.5 Å². The van der Waals surface area contributed by atoms with E-state index in [4.69, 9.17) is 4.74 Å². The molecule has 0 aromatic carbocycles. The summed E-state index contributed by atoms with van der Waals surface area (Å²) < 4.78 is 5.04. The molecule has 1 saturated carbocycles. The first-order chi connectivity index (χ1) is 18.1. The first-order valence-electron chi connectivity index (χ1n) is 14.0. The molecular weight excluding hydrogens is 484 g/mol. The number of imide groups is 1. The number of nitrogens with one attached hydrogen (secondary N) is 2. The van der Waals surface area contributed by atoms with E-state index in [-0.39, 0.29) is 35.3 Å². The molecule has 0 saturated heterocycles. The van der Waals surface area contributed by atoms with Crippen LogP contribution in [0.25, 0.3) is 0 Å². The standard InChI is InChI=1S/C30H44N2O6/c1-6-8-9-11-20(7-2)23-24(29(36)32-28(23)35)26(33)22-18(3)12-13-30(37)17-21(16-19(4)25(22)30)27(34)31-14-10-15-38-5/h7,12-13,18-22,25,37H,2,6,8-11,14-17H2,1,3-5H3,(H,31,34)(H,32,35,36). The van der Waals surface area contributed by atoms with E-state index < -0.39 is 46.9 Å². The van der Waals surface area contributed by atoms with Gasteiger partial charge in [0.25, 0.3) is 11.8 Å². The molecule has 8 nitrogen and oxygen atoms in total. The first kappa shape index (κ1) is 30.0. The summed E-state index contributed by atoms with van der Waals surface area (Å²) in [4.78, 5) is 52.8. The Hall–Kier alpha value is -2.58. The Bertz CT molecular complexity index is 1000. The number of carbonyl (C=O) groups excluding carboxylic acids is 4. The molecule has 8 heteroatoms. The molecule has 1 fully saturated rings. The van der Waals surface area contributed by atoms with Crippen molar-refractivity contribution in [1.82, 2.24) is 10.6 Å². The Morgan fingerprint density at radius 2 is 2.00 bits per heavy atom. The molecule has 3 rings (SSSR count). The van der Waals surface area contributed by atoms with Crippen molar-refractivity contribution < 1.29 is 29.0 Å². The number of hydrogen-bond donors (Lipinski definition) is 3. The zero-order valence-corrected chi connectivity index (χ0v) is 23.3. The summed E-state index contributed by atoms with van der Waals surface area (Å²) in [6, 6.07) is 0. The monoisotopic (exact) mass is 528 g/mol. The van der Waals surface area contributed by atoms with E-state index in [9.17, 15) is 24.3 Å². The van der Waals surface area contributed by atoms with Gasteiger partial charge in [-0.1, -0.05) is 58.3 Å². The molecule has 38 heavy (non-hydrogen) atoms. The van der Waals surface area contributed by atoms with Crippen LogP contribution in [0.1, 0.15) is 65.7 Å². The number of unbranched alkanes of at least 4 members (excludes halogenated alkanes) is 2. The van der Waals surface area contributed by atoms with E-state index in [1.54, 1.807) is 19.3 Å². The number of Topliss-reactive ketones (excluding diaryl/α,β-unsaturated/α-hetero) is 1. The van der Waals surface area contributed by atoms with Crippen molar-refractivity contribution in [3.8, 4) is 0 Å². The third-order valence-corrected chi connectivity index (χ3v) is 8.55. The number of aliphatic hydroxyl groups is 1. The second kappa shape index (κ2) is 13.0. The van der Waals surface area contributed by atoms with Gasteiger partial charge in [0.05, 0.1) is 11.2 Å². The fourth-order valence-corrected chi connectivity index (χ4v) is 6.71. The quantitative estimate of drug-likeness (QED) is 0.146. The second-order valence-corrected chi connectivity index (χ2v) is 11.3. The average Bonchev–Trinajstić information content (AvgIpc) is 3.17. The summed E-state index contributed by atoms with van der Waals surface area (Å²) in [5.74, 6) is -4.06. The van der Waals surface area contributed by atoms with Crippen LogP contribution < -0.4 is 10.6 Å². The van der Waals surface area contributed by atoms with Gasteiger partial charge >= 0.3 is 0 Å². The van der Waals surface area contributed by atoms with E-state index in [0.717, 1.165) is 19.3 Å². The predicted octanol–water partition coefficient (Wildman–Crippen LogP) is 3.26. The molecule has 0 radical (unpaired) electrons. The summed E-state index contributed by atoms with van der Waals surface area (Å²) in [6.45, 7) is 10.9. The van der Waals surface area contributed by atoms with Gasteiger partial charge in [0.2, 0.25) is 5.91 Å². The number of amides is 3. The molecule has 0 aromatic heterocycles. The number of carbonyl (C=O) groups is 4. The molecule has 1 aliphatic heterocycles. The van der Waals surface area contributed by atoms with Gasteiger partial charge in [-0.3, -0.25) is 24.5 Å². The first-order valence-corrected chi connectivity index (χ1v) is 14.0. The van der Waals surface area contributed by atoms with E-state index in [1.165, 1.54) is 0 Å². The molecule has 210 valence electrons. The third-order valence-electron chi connectivity index (χ3n) is 8.55. The van der Waals surface area contributed by atoms with Gasteiger partial charge < -0.3 is 15.2 Å². The molecule has 3 amide bonds. The number of allylic oxidation sites excluding steroid dienone is 2. The van der Waals surface area contributed by atoms with Crippen molar-refractivity contribution in [2.45, 2.75) is 71.3 Å². The van der Waals surface area contributed by atoms with Crippen LogP contribution in [0.4, 0.5) is 0 Å². The number of ketones is 1. The van der Waals surface area contributed by atoms with Crippen molar-refractivity contribution in [3.05, 3.63) is 36.0 Å². The van der Waals surface area contributed by atoms with Crippen molar-refractivity contribution in [2.24, 2.45) is 35.5 Å². The van der Waals surface area contributed by atoms with E-state index in [2.05, 4.69) is 24.1 Å². The Kier molecular flexibility index (Phi) is 10.2. The number of fused-ring (bicyclic) bond motifs is 1. The van der Waals surface area contributed by atoms with Crippen LogP contribution in [0, 0.1) is 35.5 Å². The molecule has 0 bridgehead atoms. The fourth-order valence-electron chi connectivity index (χ4n) is 6.71. The number of ether oxygens (including phenoxy) is 1. The molecule has 0 aromatic rings. The number of methoxy groups -OCH3 is 1. The van der Waals surface area contributed by atoms with Gasteiger partial charge in [0.15, 0.2) is 5.78 Å². The average molecular weight is 529 g/mol. The minimum atomic E-state index is -1.36. The van der Waals surface area contributed by atoms with E-state index in [1.807, 2.05) is 19.9 Å². The van der Waals surface area contributed by atoms with Crippen molar-refractivity contribution in [1.29, 1.82) is 0 Å². The molecule has 7 atom stereocenters. The highest BCUT2D eigenvalue weighted by atomic mass is 16.5. The molecule has 2 aliphatic carbocycles. The number of rotatable bonds is 13. The lowest BCUT2D eigenvalue weighted by atomic mass is 9.55. The lowest BCUT2D eigenvalue weighted by Gasteiger charge is -2.51. The summed E-state index contributed by atoms with van der Waals surface area (Å²) >= 11 is 0. The van der Waals surface area contributed by atoms with Gasteiger partial charge in [0, 0.05) is 49.5 Å². The molecule has 0 spiro atoms. The smallest absolute Gasteiger partial charge is 0.262 e. The topological polar surface area (TPSA) is 122 Å². The Morgan fingerprint density at radius 3 is 2.66 bits per heavy atom. The summed E-state index contributed by atoms with van der Waals surface area (Å²) in [5.41, 5.74) is -1.25. The van der Waals surface area contributed by atoms with Gasteiger partial charge in [-0.25, -0.2) is 0 Å². The largest absolute Gasteiger partial charge is 0.385 e. The summed E-state index contributed by atoms with van der Waals surface area (Å²) in [7, 11) is 1.61. The van der Waals surface area contributed by atoms with Gasteiger partial charge in [-0.05, 0) is 37.5 Å². The zero-order valence-electron chi connectivity index (χ0n) is 23.3. The van der Waals surface area contributed by atoms with Crippen LogP contribution in [0.3, 0.4) is 0 Å². The van der Waals surface area contributed by atoms with E-state index >= 15 is 0 Å². The van der Waals surface area contributed by atoms with Crippen LogP contribution in [-0.2, 0) is 23.9 Å². The molecule has 3 N–H and O–H groups in total. The molecule has 1 heterocycles. The fraction of sp³-hybridized carbons (Fsp3) is 0.667. The third kappa shape index (κ3) is 6.18. The van der Waals surface area contributed by atoms with Gasteiger partial charge in [-0.2, -0.15) is 0 Å². The Balaban J connectivity index is 1.89. The normalized spacial score (nSPS) is 31.6. The van der Waals surface area contributed by atoms with Crippen molar-refractivity contribution >= 4 is 23.5 Å².